The van der Waals surface area contributed by atoms with Crippen LogP contribution in [0.3, 0.4) is 0 Å². The number of hydrogen-bond donors (Lipinski definition) is 1. The van der Waals surface area contributed by atoms with Crippen LogP contribution in [0, 0.1) is 16.0 Å². The van der Waals surface area contributed by atoms with Crippen molar-refractivity contribution in [2.75, 3.05) is 32.6 Å². The minimum atomic E-state index is -0.494. The number of nitrogens with zero attached hydrogens (tertiary/aromatic N) is 2. The van der Waals surface area contributed by atoms with Gasteiger partial charge in [-0.1, -0.05) is 12.1 Å². The van der Waals surface area contributed by atoms with Crippen molar-refractivity contribution in [1.82, 2.24) is 4.90 Å². The van der Waals surface area contributed by atoms with E-state index in [9.17, 15) is 14.9 Å². The van der Waals surface area contributed by atoms with E-state index in [0.717, 1.165) is 38.2 Å². The lowest BCUT2D eigenvalue weighted by Gasteiger charge is -2.31. The normalized spacial score (nSPS) is 15.0. The molecule has 0 aromatic heterocycles. The van der Waals surface area contributed by atoms with E-state index in [2.05, 4.69) is 16.3 Å². The number of carbonyl (C=O) groups excluding carboxylic acids is 1. The summed E-state index contributed by atoms with van der Waals surface area (Å²) in [6, 6.07) is 12.1. The molecule has 0 aliphatic carbocycles. The lowest BCUT2D eigenvalue weighted by atomic mass is 9.95. The van der Waals surface area contributed by atoms with E-state index >= 15 is 0 Å². The molecule has 1 aliphatic rings. The zero-order valence-electron chi connectivity index (χ0n) is 16.6. The zero-order valence-corrected chi connectivity index (χ0v) is 16.6. The van der Waals surface area contributed by atoms with Gasteiger partial charge in [0.2, 0.25) is 5.91 Å². The Hall–Kier alpha value is -3.13. The number of ether oxygens (including phenoxy) is 2. The summed E-state index contributed by atoms with van der Waals surface area (Å²) in [5, 5.41) is 13.8. The van der Waals surface area contributed by atoms with Crippen LogP contribution >= 0.6 is 0 Å². The standard InChI is InChI=1S/C21H25N3O5/c1-28-18-5-3-4-15(12-18)14-23-10-8-16(9-11-23)21(25)22-19-13-17(24(26)27)6-7-20(19)29-2/h3-7,12-13,16H,8-11,14H2,1-2H3,(H,22,25). The predicted molar refractivity (Wildman–Crippen MR) is 109 cm³/mol. The number of piperidine rings is 1. The van der Waals surface area contributed by atoms with Crippen molar-refractivity contribution in [1.29, 1.82) is 0 Å². The van der Waals surface area contributed by atoms with E-state index in [1.807, 2.05) is 18.2 Å². The first-order chi connectivity index (χ1) is 14.0. The highest BCUT2D eigenvalue weighted by molar-refractivity contribution is 5.94. The highest BCUT2D eigenvalue weighted by Crippen LogP contribution is 2.30. The van der Waals surface area contributed by atoms with Crippen LogP contribution in [0.25, 0.3) is 0 Å². The number of rotatable bonds is 7. The first-order valence-electron chi connectivity index (χ1n) is 9.48. The summed E-state index contributed by atoms with van der Waals surface area (Å²) in [6.07, 6.45) is 1.46. The van der Waals surface area contributed by atoms with Crippen LogP contribution in [0.5, 0.6) is 11.5 Å². The summed E-state index contributed by atoms with van der Waals surface area (Å²) < 4.78 is 10.5. The molecule has 1 heterocycles. The van der Waals surface area contributed by atoms with Gasteiger partial charge in [0.1, 0.15) is 11.5 Å². The van der Waals surface area contributed by atoms with E-state index < -0.39 is 4.92 Å². The Morgan fingerprint density at radius 1 is 1.17 bits per heavy atom. The first kappa shape index (κ1) is 20.6. The van der Waals surface area contributed by atoms with Gasteiger partial charge in [-0.3, -0.25) is 19.8 Å². The highest BCUT2D eigenvalue weighted by Gasteiger charge is 2.26. The van der Waals surface area contributed by atoms with Gasteiger partial charge < -0.3 is 14.8 Å². The Bertz CT molecular complexity index is 878. The minimum absolute atomic E-state index is 0.0887. The number of methoxy groups -OCH3 is 2. The van der Waals surface area contributed by atoms with Crippen LogP contribution in [0.1, 0.15) is 18.4 Å². The molecule has 154 valence electrons. The largest absolute Gasteiger partial charge is 0.497 e. The summed E-state index contributed by atoms with van der Waals surface area (Å²) in [5.74, 6) is 0.965. The molecule has 1 N–H and O–H groups in total. The molecule has 1 fully saturated rings. The Labute approximate surface area is 169 Å². The molecule has 0 atom stereocenters. The zero-order chi connectivity index (χ0) is 20.8. The Kier molecular flexibility index (Phi) is 6.66. The van der Waals surface area contributed by atoms with Gasteiger partial charge in [-0.25, -0.2) is 0 Å². The molecule has 1 aliphatic heterocycles. The molecule has 2 aromatic carbocycles. The molecule has 1 saturated heterocycles. The molecule has 0 bridgehead atoms. The van der Waals surface area contributed by atoms with Crippen LogP contribution in [0.4, 0.5) is 11.4 Å². The number of benzene rings is 2. The van der Waals surface area contributed by atoms with Crippen molar-refractivity contribution in [2.45, 2.75) is 19.4 Å². The number of non-ortho nitro benzene ring substituents is 1. The van der Waals surface area contributed by atoms with Gasteiger partial charge >= 0.3 is 0 Å². The van der Waals surface area contributed by atoms with Crippen LogP contribution in [0.15, 0.2) is 42.5 Å². The summed E-state index contributed by atoms with van der Waals surface area (Å²) in [7, 11) is 3.12. The summed E-state index contributed by atoms with van der Waals surface area (Å²) in [6.45, 7) is 2.42. The summed E-state index contributed by atoms with van der Waals surface area (Å²) in [4.78, 5) is 25.5. The third kappa shape index (κ3) is 5.23. The molecule has 8 nitrogen and oxygen atoms in total. The van der Waals surface area contributed by atoms with Gasteiger partial charge in [-0.2, -0.15) is 0 Å². The third-order valence-electron chi connectivity index (χ3n) is 5.15. The Morgan fingerprint density at radius 2 is 1.93 bits per heavy atom. The highest BCUT2D eigenvalue weighted by atomic mass is 16.6. The number of carbonyl (C=O) groups is 1. The first-order valence-corrected chi connectivity index (χ1v) is 9.48. The fourth-order valence-electron chi connectivity index (χ4n) is 3.52. The number of amides is 1. The topological polar surface area (TPSA) is 93.9 Å². The molecule has 29 heavy (non-hydrogen) atoms. The van der Waals surface area contributed by atoms with Gasteiger partial charge in [-0.15, -0.1) is 0 Å². The van der Waals surface area contributed by atoms with Crippen LogP contribution in [-0.2, 0) is 11.3 Å². The van der Waals surface area contributed by atoms with Gasteiger partial charge in [0.25, 0.3) is 5.69 Å². The van der Waals surface area contributed by atoms with Crippen LogP contribution < -0.4 is 14.8 Å². The second-order valence-corrected chi connectivity index (χ2v) is 7.03. The molecule has 0 saturated carbocycles. The third-order valence-corrected chi connectivity index (χ3v) is 5.15. The molecule has 0 unspecified atom stereocenters. The van der Waals surface area contributed by atoms with Crippen molar-refractivity contribution >= 4 is 17.3 Å². The number of nitro groups is 1. The fourth-order valence-corrected chi connectivity index (χ4v) is 3.52. The van der Waals surface area contributed by atoms with Gasteiger partial charge in [0, 0.05) is 24.6 Å². The second kappa shape index (κ2) is 9.38. The van der Waals surface area contributed by atoms with E-state index in [1.165, 1.54) is 30.9 Å². The number of hydrogen-bond acceptors (Lipinski definition) is 6. The average Bonchev–Trinajstić information content (AvgIpc) is 2.74. The number of nitro benzene ring substituents is 1. The monoisotopic (exact) mass is 399 g/mol. The molecule has 1 amide bonds. The van der Waals surface area contributed by atoms with E-state index in [-0.39, 0.29) is 17.5 Å². The van der Waals surface area contributed by atoms with Gasteiger partial charge in [0.15, 0.2) is 0 Å². The molecule has 8 heteroatoms. The second-order valence-electron chi connectivity index (χ2n) is 7.03. The van der Waals surface area contributed by atoms with E-state index in [4.69, 9.17) is 9.47 Å². The average molecular weight is 399 g/mol. The fraction of sp³-hybridized carbons (Fsp3) is 0.381. The Balaban J connectivity index is 1.57. The van der Waals surface area contributed by atoms with Crippen molar-refractivity contribution in [3.63, 3.8) is 0 Å². The van der Waals surface area contributed by atoms with Crippen LogP contribution in [0.2, 0.25) is 0 Å². The molecular formula is C21H25N3O5. The lowest BCUT2D eigenvalue weighted by molar-refractivity contribution is -0.384. The van der Waals surface area contributed by atoms with Crippen molar-refractivity contribution in [3.05, 3.63) is 58.1 Å². The molecule has 0 radical (unpaired) electrons. The summed E-state index contributed by atoms with van der Waals surface area (Å²) >= 11 is 0. The van der Waals surface area contributed by atoms with Crippen molar-refractivity contribution in [3.8, 4) is 11.5 Å². The smallest absolute Gasteiger partial charge is 0.271 e. The quantitative estimate of drug-likeness (QED) is 0.566. The SMILES string of the molecule is COc1cccc(CN2CCC(C(=O)Nc3cc([N+](=O)[O-])ccc3OC)CC2)c1. The van der Waals surface area contributed by atoms with Crippen LogP contribution in [-0.4, -0.2) is 43.0 Å². The predicted octanol–water partition coefficient (Wildman–Crippen LogP) is 3.46. The lowest BCUT2D eigenvalue weighted by Crippen LogP contribution is -2.37. The van der Waals surface area contributed by atoms with E-state index in [1.54, 1.807) is 7.11 Å². The Morgan fingerprint density at radius 3 is 2.59 bits per heavy atom. The maximum Gasteiger partial charge on any atom is 0.271 e. The van der Waals surface area contributed by atoms with Crippen molar-refractivity contribution in [2.24, 2.45) is 5.92 Å². The number of likely N-dealkylation sites (tertiary alicyclic amines) is 1. The maximum absolute atomic E-state index is 12.7. The number of anilines is 1. The molecule has 2 aromatic rings. The van der Waals surface area contributed by atoms with Crippen molar-refractivity contribution < 1.29 is 19.2 Å². The van der Waals surface area contributed by atoms with E-state index in [0.29, 0.717) is 11.4 Å². The minimum Gasteiger partial charge on any atom is -0.497 e. The molecular weight excluding hydrogens is 374 g/mol. The maximum atomic E-state index is 12.7. The summed E-state index contributed by atoms with van der Waals surface area (Å²) in [5.41, 5.74) is 1.41. The number of nitrogens with one attached hydrogen (secondary N) is 1. The van der Waals surface area contributed by atoms with Gasteiger partial charge in [-0.05, 0) is 49.7 Å². The molecule has 0 spiro atoms. The van der Waals surface area contributed by atoms with Gasteiger partial charge in [0.05, 0.1) is 24.8 Å². The molecule has 3 rings (SSSR count).